The molecule has 2 heterocycles. The molecule has 0 bridgehead atoms. The summed E-state index contributed by atoms with van der Waals surface area (Å²) in [4.78, 5) is 21.8. The number of aromatic nitrogens is 2. The van der Waals surface area contributed by atoms with Gasteiger partial charge in [0.15, 0.2) is 0 Å². The number of likely N-dealkylation sites (tertiary alicyclic amines) is 1. The lowest BCUT2D eigenvalue weighted by atomic mass is 10.1. The molecule has 0 N–H and O–H groups in total. The zero-order chi connectivity index (χ0) is 16.4. The topological polar surface area (TPSA) is 55.3 Å². The van der Waals surface area contributed by atoms with Gasteiger partial charge in [-0.2, -0.15) is 0 Å². The second kappa shape index (κ2) is 6.37. The van der Waals surface area contributed by atoms with Crippen LogP contribution >= 0.6 is 0 Å². The molecule has 5 nitrogen and oxygen atoms in total. The molecule has 1 amide bonds. The molecule has 1 aromatic heterocycles. The van der Waals surface area contributed by atoms with Crippen molar-refractivity contribution in [1.29, 1.82) is 0 Å². The highest BCUT2D eigenvalue weighted by Crippen LogP contribution is 2.21. The van der Waals surface area contributed by atoms with Gasteiger partial charge in [0.25, 0.3) is 5.91 Å². The highest BCUT2D eigenvalue weighted by molar-refractivity contribution is 5.92. The Balaban J connectivity index is 1.35. The Morgan fingerprint density at radius 2 is 1.96 bits per heavy atom. The fraction of sp³-hybridized carbons (Fsp3) is 0.211. The van der Waals surface area contributed by atoms with Gasteiger partial charge in [0, 0.05) is 19.3 Å². The standard InChI is InChI=1S/C19H17N3O2/c23-19(18-8-9-20-13-21-18)22-10-16(11-22)24-12-15-6-3-5-14-4-1-2-7-17(14)15/h1-9,13,16H,10-12H2. The van der Waals surface area contributed by atoms with E-state index in [0.717, 1.165) is 0 Å². The number of carbonyl (C=O) groups excluding carboxylic acids is 1. The Kier molecular flexibility index (Phi) is 3.92. The minimum absolute atomic E-state index is 0.0672. The molecule has 0 saturated carbocycles. The predicted octanol–water partition coefficient (Wildman–Crippen LogP) is 2.67. The number of benzene rings is 2. The van der Waals surface area contributed by atoms with Crippen LogP contribution in [0.3, 0.4) is 0 Å². The summed E-state index contributed by atoms with van der Waals surface area (Å²) in [6.07, 6.45) is 3.05. The van der Waals surface area contributed by atoms with E-state index in [1.54, 1.807) is 17.2 Å². The molecular weight excluding hydrogens is 302 g/mol. The first-order valence-electron chi connectivity index (χ1n) is 7.95. The molecule has 0 aliphatic carbocycles. The summed E-state index contributed by atoms with van der Waals surface area (Å²) in [6.45, 7) is 1.77. The van der Waals surface area contributed by atoms with Crippen molar-refractivity contribution in [3.8, 4) is 0 Å². The number of fused-ring (bicyclic) bond motifs is 1. The molecule has 1 fully saturated rings. The fourth-order valence-electron chi connectivity index (χ4n) is 2.91. The first-order chi connectivity index (χ1) is 11.8. The largest absolute Gasteiger partial charge is 0.370 e. The van der Waals surface area contributed by atoms with Gasteiger partial charge in [-0.25, -0.2) is 9.97 Å². The lowest BCUT2D eigenvalue weighted by molar-refractivity contribution is -0.0501. The molecule has 1 aliphatic rings. The van der Waals surface area contributed by atoms with Gasteiger partial charge >= 0.3 is 0 Å². The van der Waals surface area contributed by atoms with Gasteiger partial charge in [-0.15, -0.1) is 0 Å². The van der Waals surface area contributed by atoms with Crippen LogP contribution < -0.4 is 0 Å². The van der Waals surface area contributed by atoms with Gasteiger partial charge in [0.1, 0.15) is 12.0 Å². The summed E-state index contributed by atoms with van der Waals surface area (Å²) in [5.41, 5.74) is 1.60. The smallest absolute Gasteiger partial charge is 0.272 e. The third-order valence-electron chi connectivity index (χ3n) is 4.29. The summed E-state index contributed by atoms with van der Waals surface area (Å²) >= 11 is 0. The quantitative estimate of drug-likeness (QED) is 0.742. The third-order valence-corrected chi connectivity index (χ3v) is 4.29. The second-order valence-corrected chi connectivity index (χ2v) is 5.88. The maximum atomic E-state index is 12.2. The van der Waals surface area contributed by atoms with Crippen molar-refractivity contribution in [2.24, 2.45) is 0 Å². The van der Waals surface area contributed by atoms with Crippen LogP contribution in [-0.2, 0) is 11.3 Å². The van der Waals surface area contributed by atoms with Crippen molar-refractivity contribution in [3.05, 3.63) is 72.3 Å². The highest BCUT2D eigenvalue weighted by Gasteiger charge is 2.32. The minimum atomic E-state index is -0.0672. The zero-order valence-corrected chi connectivity index (χ0v) is 13.1. The maximum absolute atomic E-state index is 12.2. The van der Waals surface area contributed by atoms with Crippen LogP contribution in [0.15, 0.2) is 61.1 Å². The van der Waals surface area contributed by atoms with E-state index in [0.29, 0.717) is 25.4 Å². The molecule has 1 saturated heterocycles. The Hall–Kier alpha value is -2.79. The van der Waals surface area contributed by atoms with E-state index in [9.17, 15) is 4.79 Å². The van der Waals surface area contributed by atoms with E-state index < -0.39 is 0 Å². The Morgan fingerprint density at radius 3 is 2.79 bits per heavy atom. The van der Waals surface area contributed by atoms with Crippen LogP contribution in [0.25, 0.3) is 10.8 Å². The molecule has 0 unspecified atom stereocenters. The van der Waals surface area contributed by atoms with Crippen molar-refractivity contribution < 1.29 is 9.53 Å². The number of hydrogen-bond donors (Lipinski definition) is 0. The summed E-state index contributed by atoms with van der Waals surface area (Å²) in [5, 5.41) is 2.43. The predicted molar refractivity (Wildman–Crippen MR) is 90.5 cm³/mol. The molecule has 0 atom stereocenters. The molecule has 120 valence electrons. The maximum Gasteiger partial charge on any atom is 0.272 e. The van der Waals surface area contributed by atoms with Crippen LogP contribution in [0.2, 0.25) is 0 Å². The molecule has 3 aromatic rings. The van der Waals surface area contributed by atoms with Gasteiger partial charge in [0.2, 0.25) is 0 Å². The normalized spacial score (nSPS) is 14.6. The lowest BCUT2D eigenvalue weighted by Crippen LogP contribution is -2.54. The van der Waals surface area contributed by atoms with E-state index in [1.807, 2.05) is 18.2 Å². The number of amides is 1. The van der Waals surface area contributed by atoms with Crippen LogP contribution in [0.4, 0.5) is 0 Å². The summed E-state index contributed by atoms with van der Waals surface area (Å²) in [6, 6.07) is 16.2. The van der Waals surface area contributed by atoms with E-state index in [-0.39, 0.29) is 12.0 Å². The van der Waals surface area contributed by atoms with E-state index in [2.05, 4.69) is 34.2 Å². The molecule has 0 radical (unpaired) electrons. The summed E-state index contributed by atoms with van der Waals surface area (Å²) < 4.78 is 5.96. The molecule has 24 heavy (non-hydrogen) atoms. The van der Waals surface area contributed by atoms with Gasteiger partial charge in [0.05, 0.1) is 12.7 Å². The number of carbonyl (C=O) groups is 1. The van der Waals surface area contributed by atoms with Crippen LogP contribution in [-0.4, -0.2) is 40.0 Å². The van der Waals surface area contributed by atoms with Gasteiger partial charge in [-0.05, 0) is 22.4 Å². The van der Waals surface area contributed by atoms with Gasteiger partial charge < -0.3 is 9.64 Å². The van der Waals surface area contributed by atoms with Crippen molar-refractivity contribution >= 4 is 16.7 Å². The van der Waals surface area contributed by atoms with Crippen molar-refractivity contribution in [1.82, 2.24) is 14.9 Å². The Morgan fingerprint density at radius 1 is 1.12 bits per heavy atom. The van der Waals surface area contributed by atoms with Gasteiger partial charge in [-0.1, -0.05) is 42.5 Å². The average molecular weight is 319 g/mol. The first-order valence-corrected chi connectivity index (χ1v) is 7.95. The third kappa shape index (κ3) is 2.86. The Bertz CT molecular complexity index is 855. The monoisotopic (exact) mass is 319 g/mol. The highest BCUT2D eigenvalue weighted by atomic mass is 16.5. The summed E-state index contributed by atoms with van der Waals surface area (Å²) in [7, 11) is 0. The van der Waals surface area contributed by atoms with Gasteiger partial charge in [-0.3, -0.25) is 4.79 Å². The molecule has 4 rings (SSSR count). The second-order valence-electron chi connectivity index (χ2n) is 5.88. The average Bonchev–Trinajstić information content (AvgIpc) is 2.61. The van der Waals surface area contributed by atoms with Crippen molar-refractivity contribution in [2.45, 2.75) is 12.7 Å². The fourth-order valence-corrected chi connectivity index (χ4v) is 2.91. The minimum Gasteiger partial charge on any atom is -0.370 e. The number of hydrogen-bond acceptors (Lipinski definition) is 4. The zero-order valence-electron chi connectivity index (χ0n) is 13.1. The van der Waals surface area contributed by atoms with E-state index >= 15 is 0 Å². The SMILES string of the molecule is O=C(c1ccncn1)N1CC(OCc2cccc3ccccc23)C1. The molecular formula is C19H17N3O2. The first kappa shape index (κ1) is 14.8. The van der Waals surface area contributed by atoms with Crippen molar-refractivity contribution in [2.75, 3.05) is 13.1 Å². The number of ether oxygens (including phenoxy) is 1. The lowest BCUT2D eigenvalue weighted by Gasteiger charge is -2.38. The van der Waals surface area contributed by atoms with E-state index in [1.165, 1.54) is 22.7 Å². The van der Waals surface area contributed by atoms with Crippen molar-refractivity contribution in [3.63, 3.8) is 0 Å². The summed E-state index contributed by atoms with van der Waals surface area (Å²) in [5.74, 6) is -0.0672. The number of nitrogens with zero attached hydrogens (tertiary/aromatic N) is 3. The van der Waals surface area contributed by atoms with Crippen LogP contribution in [0, 0.1) is 0 Å². The Labute approximate surface area is 139 Å². The molecule has 5 heteroatoms. The molecule has 2 aromatic carbocycles. The molecule has 1 aliphatic heterocycles. The molecule has 0 spiro atoms. The van der Waals surface area contributed by atoms with Crippen LogP contribution in [0.1, 0.15) is 16.1 Å². The van der Waals surface area contributed by atoms with Crippen LogP contribution in [0.5, 0.6) is 0 Å². The number of rotatable bonds is 4. The van der Waals surface area contributed by atoms with E-state index in [4.69, 9.17) is 4.74 Å².